The van der Waals surface area contributed by atoms with Crippen LogP contribution in [-0.2, 0) is 16.6 Å². The van der Waals surface area contributed by atoms with Crippen molar-refractivity contribution in [3.8, 4) is 11.3 Å². The van der Waals surface area contributed by atoms with Gasteiger partial charge in [-0.1, -0.05) is 54.0 Å². The van der Waals surface area contributed by atoms with Crippen LogP contribution in [0.3, 0.4) is 0 Å². The van der Waals surface area contributed by atoms with Gasteiger partial charge in [0, 0.05) is 31.6 Å². The first kappa shape index (κ1) is 19.4. The number of hydrogen-bond donors (Lipinski definition) is 0. The summed E-state index contributed by atoms with van der Waals surface area (Å²) in [4.78, 5) is 15.0. The average Bonchev–Trinajstić information content (AvgIpc) is 3.18. The van der Waals surface area contributed by atoms with Crippen LogP contribution >= 0.6 is 0 Å². The molecule has 1 saturated carbocycles. The molecular weight excluding hydrogens is 367 g/mol. The lowest BCUT2D eigenvalue weighted by molar-refractivity contribution is -0.139. The lowest BCUT2D eigenvalue weighted by Crippen LogP contribution is -2.50. The maximum Gasteiger partial charge on any atom is 0.232 e. The predicted octanol–water partition coefficient (Wildman–Crippen LogP) is 4.99. The van der Waals surface area contributed by atoms with E-state index in [0.717, 1.165) is 54.7 Å². The van der Waals surface area contributed by atoms with Crippen molar-refractivity contribution in [2.24, 2.45) is 0 Å². The van der Waals surface area contributed by atoms with Gasteiger partial charge in [-0.15, -0.1) is 0 Å². The van der Waals surface area contributed by atoms with Crippen molar-refractivity contribution in [1.82, 2.24) is 10.1 Å². The molecule has 0 bridgehead atoms. The number of amides is 1. The molecule has 150 valence electrons. The fraction of sp³-hybridized carbons (Fsp3) is 0.333. The van der Waals surface area contributed by atoms with Gasteiger partial charge in [0.2, 0.25) is 5.91 Å². The third-order valence-electron chi connectivity index (χ3n) is 5.91. The normalized spacial score (nSPS) is 15.0. The van der Waals surface area contributed by atoms with Crippen LogP contribution in [0.2, 0.25) is 0 Å². The van der Waals surface area contributed by atoms with E-state index < -0.39 is 5.41 Å². The Morgan fingerprint density at radius 1 is 1.14 bits per heavy atom. The zero-order valence-corrected chi connectivity index (χ0v) is 16.6. The molecule has 0 radical (unpaired) electrons. The van der Waals surface area contributed by atoms with Crippen LogP contribution in [0.4, 0.5) is 4.39 Å². The van der Waals surface area contributed by atoms with Gasteiger partial charge in [0.15, 0.2) is 0 Å². The summed E-state index contributed by atoms with van der Waals surface area (Å²) >= 11 is 0. The van der Waals surface area contributed by atoms with E-state index in [2.05, 4.69) is 5.16 Å². The summed E-state index contributed by atoms with van der Waals surface area (Å²) in [5, 5.41) is 4.14. The van der Waals surface area contributed by atoms with Crippen molar-refractivity contribution < 1.29 is 13.7 Å². The molecule has 1 aliphatic carbocycles. The lowest BCUT2D eigenvalue weighted by atomic mass is 9.63. The van der Waals surface area contributed by atoms with E-state index in [0.29, 0.717) is 6.54 Å². The fourth-order valence-corrected chi connectivity index (χ4v) is 4.06. The SMILES string of the molecule is CN(CCCc1cc(-c2ccccc2)no1)C(=O)C1(c2ccc(F)cc2)CCC1. The Morgan fingerprint density at radius 3 is 2.52 bits per heavy atom. The molecule has 5 heteroatoms. The highest BCUT2D eigenvalue weighted by molar-refractivity contribution is 5.89. The summed E-state index contributed by atoms with van der Waals surface area (Å²) in [5.74, 6) is 0.672. The summed E-state index contributed by atoms with van der Waals surface area (Å²) in [6.07, 6.45) is 4.19. The first-order valence-electron chi connectivity index (χ1n) is 10.1. The molecule has 0 N–H and O–H groups in total. The summed E-state index contributed by atoms with van der Waals surface area (Å²) < 4.78 is 18.7. The monoisotopic (exact) mass is 392 g/mol. The minimum Gasteiger partial charge on any atom is -0.361 e. The number of nitrogens with zero attached hydrogens (tertiary/aromatic N) is 2. The molecular formula is C24H25FN2O2. The standard InChI is InChI=1S/C24H25FN2O2/c1-27(23(28)24(14-6-15-24)19-10-12-20(25)13-11-19)16-5-9-21-17-22(26-29-21)18-7-3-2-4-8-18/h2-4,7-8,10-13,17H,5-6,9,14-16H2,1H3. The molecule has 0 atom stereocenters. The number of halogens is 1. The highest BCUT2D eigenvalue weighted by Gasteiger charge is 2.46. The van der Waals surface area contributed by atoms with E-state index in [4.69, 9.17) is 4.52 Å². The number of aromatic nitrogens is 1. The van der Waals surface area contributed by atoms with Gasteiger partial charge in [0.1, 0.15) is 17.3 Å². The second-order valence-electron chi connectivity index (χ2n) is 7.82. The van der Waals surface area contributed by atoms with Crippen molar-refractivity contribution in [3.05, 3.63) is 77.8 Å². The second kappa shape index (κ2) is 8.19. The first-order chi connectivity index (χ1) is 14.1. The van der Waals surface area contributed by atoms with E-state index in [-0.39, 0.29) is 11.7 Å². The highest BCUT2D eigenvalue weighted by atomic mass is 19.1. The van der Waals surface area contributed by atoms with Gasteiger partial charge in [0.25, 0.3) is 0 Å². The van der Waals surface area contributed by atoms with Crippen molar-refractivity contribution in [3.63, 3.8) is 0 Å². The molecule has 4 rings (SSSR count). The molecule has 3 aromatic rings. The molecule has 4 nitrogen and oxygen atoms in total. The second-order valence-corrected chi connectivity index (χ2v) is 7.82. The van der Waals surface area contributed by atoms with Gasteiger partial charge in [-0.05, 0) is 37.0 Å². The van der Waals surface area contributed by atoms with Crippen LogP contribution in [0.15, 0.2) is 65.2 Å². The van der Waals surface area contributed by atoms with Gasteiger partial charge >= 0.3 is 0 Å². The summed E-state index contributed by atoms with van der Waals surface area (Å²) in [7, 11) is 1.85. The number of benzene rings is 2. The Hall–Kier alpha value is -2.95. The lowest BCUT2D eigenvalue weighted by Gasteiger charge is -2.43. The Balaban J connectivity index is 1.35. The van der Waals surface area contributed by atoms with Crippen LogP contribution in [0, 0.1) is 5.82 Å². The first-order valence-corrected chi connectivity index (χ1v) is 10.1. The number of hydrogen-bond acceptors (Lipinski definition) is 3. The molecule has 2 aromatic carbocycles. The molecule has 0 spiro atoms. The maximum absolute atomic E-state index is 13.3. The third-order valence-corrected chi connectivity index (χ3v) is 5.91. The number of likely N-dealkylation sites (N-methyl/N-ethyl adjacent to an activating group) is 1. The Morgan fingerprint density at radius 2 is 1.86 bits per heavy atom. The summed E-state index contributed by atoms with van der Waals surface area (Å²) in [5.41, 5.74) is 2.29. The molecule has 0 aliphatic heterocycles. The smallest absolute Gasteiger partial charge is 0.232 e. The molecule has 0 unspecified atom stereocenters. The minimum absolute atomic E-state index is 0.123. The molecule has 1 fully saturated rings. The Kier molecular flexibility index (Phi) is 5.47. The fourth-order valence-electron chi connectivity index (χ4n) is 4.06. The molecule has 1 aromatic heterocycles. The van der Waals surface area contributed by atoms with E-state index in [9.17, 15) is 9.18 Å². The van der Waals surface area contributed by atoms with Gasteiger partial charge in [-0.25, -0.2) is 4.39 Å². The van der Waals surface area contributed by atoms with Gasteiger partial charge in [-0.2, -0.15) is 0 Å². The van der Waals surface area contributed by atoms with Crippen molar-refractivity contribution in [2.75, 3.05) is 13.6 Å². The number of carbonyl (C=O) groups excluding carboxylic acids is 1. The van der Waals surface area contributed by atoms with Crippen molar-refractivity contribution >= 4 is 5.91 Å². The van der Waals surface area contributed by atoms with Crippen LogP contribution in [-0.4, -0.2) is 29.6 Å². The quantitative estimate of drug-likeness (QED) is 0.569. The average molecular weight is 392 g/mol. The number of aryl methyl sites for hydroxylation is 1. The van der Waals surface area contributed by atoms with Gasteiger partial charge < -0.3 is 9.42 Å². The summed E-state index contributed by atoms with van der Waals surface area (Å²) in [6, 6.07) is 18.3. The molecule has 1 aliphatic rings. The molecule has 1 amide bonds. The van der Waals surface area contributed by atoms with E-state index >= 15 is 0 Å². The Bertz CT molecular complexity index is 962. The molecule has 1 heterocycles. The highest BCUT2D eigenvalue weighted by Crippen LogP contribution is 2.45. The van der Waals surface area contributed by atoms with Gasteiger partial charge in [0.05, 0.1) is 5.41 Å². The predicted molar refractivity (Wildman–Crippen MR) is 110 cm³/mol. The topological polar surface area (TPSA) is 46.3 Å². The summed E-state index contributed by atoms with van der Waals surface area (Å²) in [6.45, 7) is 0.642. The zero-order valence-electron chi connectivity index (χ0n) is 16.6. The number of rotatable bonds is 7. The van der Waals surface area contributed by atoms with E-state index in [1.807, 2.05) is 43.4 Å². The third kappa shape index (κ3) is 3.95. The zero-order chi connectivity index (χ0) is 20.3. The van der Waals surface area contributed by atoms with E-state index in [1.165, 1.54) is 12.1 Å². The van der Waals surface area contributed by atoms with Crippen LogP contribution < -0.4 is 0 Å². The largest absolute Gasteiger partial charge is 0.361 e. The van der Waals surface area contributed by atoms with Crippen LogP contribution in [0.5, 0.6) is 0 Å². The number of carbonyl (C=O) groups is 1. The van der Waals surface area contributed by atoms with Crippen LogP contribution in [0.25, 0.3) is 11.3 Å². The van der Waals surface area contributed by atoms with Crippen molar-refractivity contribution in [2.45, 2.75) is 37.5 Å². The van der Waals surface area contributed by atoms with Crippen LogP contribution in [0.1, 0.15) is 37.0 Å². The van der Waals surface area contributed by atoms with E-state index in [1.54, 1.807) is 17.0 Å². The molecule has 29 heavy (non-hydrogen) atoms. The minimum atomic E-state index is -0.491. The molecule has 0 saturated heterocycles. The van der Waals surface area contributed by atoms with Gasteiger partial charge in [-0.3, -0.25) is 4.79 Å². The maximum atomic E-state index is 13.3. The van der Waals surface area contributed by atoms with Crippen molar-refractivity contribution in [1.29, 1.82) is 0 Å². The Labute approximate surface area is 170 Å².